The molecule has 1 nitrogen and oxygen atoms in total. The molecule has 20 heavy (non-hydrogen) atoms. The van der Waals surface area contributed by atoms with Gasteiger partial charge in [0.05, 0.1) is 6.04 Å². The number of fused-ring (bicyclic) bond motifs is 3. The minimum Gasteiger partial charge on any atom is -0.378 e. The first-order valence-corrected chi connectivity index (χ1v) is 7.11. The van der Waals surface area contributed by atoms with Crippen LogP contribution >= 0.6 is 0 Å². The van der Waals surface area contributed by atoms with E-state index in [9.17, 15) is 4.39 Å². The number of benzene rings is 2. The van der Waals surface area contributed by atoms with Gasteiger partial charge in [-0.3, -0.25) is 0 Å². The Morgan fingerprint density at radius 2 is 1.70 bits per heavy atom. The first-order valence-electron chi connectivity index (χ1n) is 7.11. The van der Waals surface area contributed by atoms with Gasteiger partial charge in [-0.15, -0.1) is 0 Å². The van der Waals surface area contributed by atoms with Crippen molar-refractivity contribution in [2.45, 2.75) is 18.4 Å². The Balaban J connectivity index is 1.82. The van der Waals surface area contributed by atoms with Crippen LogP contribution in [0.1, 0.15) is 29.5 Å². The summed E-state index contributed by atoms with van der Waals surface area (Å²) in [6, 6.07) is 15.5. The normalized spacial score (nSPS) is 26.8. The van der Waals surface area contributed by atoms with Gasteiger partial charge in [0, 0.05) is 17.2 Å². The summed E-state index contributed by atoms with van der Waals surface area (Å²) in [4.78, 5) is 0. The summed E-state index contributed by atoms with van der Waals surface area (Å²) in [5.74, 6) is 0.689. The Labute approximate surface area is 118 Å². The van der Waals surface area contributed by atoms with Crippen LogP contribution in [0.2, 0.25) is 0 Å². The number of allylic oxidation sites excluding steroid dienone is 2. The molecule has 0 spiro atoms. The number of anilines is 1. The first-order chi connectivity index (χ1) is 9.84. The van der Waals surface area contributed by atoms with E-state index in [2.05, 4.69) is 35.7 Å². The minimum atomic E-state index is -0.116. The number of hydrogen-bond acceptors (Lipinski definition) is 1. The van der Waals surface area contributed by atoms with E-state index >= 15 is 0 Å². The summed E-state index contributed by atoms with van der Waals surface area (Å²) >= 11 is 0. The van der Waals surface area contributed by atoms with Crippen molar-refractivity contribution in [1.29, 1.82) is 0 Å². The van der Waals surface area contributed by atoms with Crippen LogP contribution in [-0.4, -0.2) is 0 Å². The van der Waals surface area contributed by atoms with Crippen molar-refractivity contribution < 1.29 is 4.39 Å². The van der Waals surface area contributed by atoms with Crippen LogP contribution in [0.15, 0.2) is 60.7 Å². The molecule has 0 saturated carbocycles. The van der Waals surface area contributed by atoms with Gasteiger partial charge in [-0.2, -0.15) is 0 Å². The summed E-state index contributed by atoms with van der Waals surface area (Å²) < 4.78 is 14.1. The molecule has 2 aliphatic rings. The largest absolute Gasteiger partial charge is 0.378 e. The fraction of sp³-hybridized carbons (Fsp3) is 0.222. The molecule has 1 aliphatic heterocycles. The average molecular weight is 265 g/mol. The Morgan fingerprint density at radius 1 is 0.950 bits per heavy atom. The predicted octanol–water partition coefficient (Wildman–Crippen LogP) is 4.65. The zero-order valence-electron chi connectivity index (χ0n) is 11.1. The van der Waals surface area contributed by atoms with E-state index in [1.807, 2.05) is 18.2 Å². The second kappa shape index (κ2) is 4.48. The van der Waals surface area contributed by atoms with Crippen LogP contribution in [0.25, 0.3) is 0 Å². The SMILES string of the molecule is Fc1ccccc1[C@H]1Nc2ccccc2[C@@H]2C=CC[C@H]12. The number of rotatable bonds is 1. The monoisotopic (exact) mass is 265 g/mol. The summed E-state index contributed by atoms with van der Waals surface area (Å²) in [7, 11) is 0. The van der Waals surface area contributed by atoms with Gasteiger partial charge < -0.3 is 5.32 Å². The molecule has 2 aromatic rings. The number of hydrogen-bond donors (Lipinski definition) is 1. The van der Waals surface area contributed by atoms with Gasteiger partial charge in [0.25, 0.3) is 0 Å². The fourth-order valence-electron chi connectivity index (χ4n) is 3.58. The van der Waals surface area contributed by atoms with Gasteiger partial charge in [0.1, 0.15) is 5.82 Å². The lowest BCUT2D eigenvalue weighted by Gasteiger charge is -2.37. The second-order valence-electron chi connectivity index (χ2n) is 5.58. The van der Waals surface area contributed by atoms with Gasteiger partial charge >= 0.3 is 0 Å². The maximum atomic E-state index is 14.1. The molecular formula is C18H16FN. The molecule has 0 aromatic heterocycles. The van der Waals surface area contributed by atoms with Crippen LogP contribution in [0, 0.1) is 11.7 Å². The summed E-state index contributed by atoms with van der Waals surface area (Å²) in [6.45, 7) is 0. The highest BCUT2D eigenvalue weighted by molar-refractivity contribution is 5.59. The molecule has 0 bridgehead atoms. The van der Waals surface area contributed by atoms with E-state index in [4.69, 9.17) is 0 Å². The van der Waals surface area contributed by atoms with E-state index in [0.717, 1.165) is 17.7 Å². The molecule has 4 rings (SSSR count). The standard InChI is InChI=1S/C18H16FN/c19-16-10-3-1-7-15(16)18-14-9-5-8-12(14)13-6-2-4-11-17(13)20-18/h1-8,10-12,14,18,20H,9H2/t12-,14-,18-/m0/s1. The summed E-state index contributed by atoms with van der Waals surface area (Å²) in [5, 5.41) is 3.55. The van der Waals surface area contributed by atoms with Crippen LogP contribution in [0.5, 0.6) is 0 Å². The van der Waals surface area contributed by atoms with Crippen molar-refractivity contribution in [3.8, 4) is 0 Å². The van der Waals surface area contributed by atoms with Gasteiger partial charge in [-0.1, -0.05) is 48.6 Å². The Hall–Kier alpha value is -2.09. The van der Waals surface area contributed by atoms with Crippen LogP contribution in [0.3, 0.4) is 0 Å². The third-order valence-electron chi connectivity index (χ3n) is 4.51. The van der Waals surface area contributed by atoms with Gasteiger partial charge in [0.15, 0.2) is 0 Å². The molecule has 100 valence electrons. The molecule has 1 heterocycles. The molecule has 0 fully saturated rings. The fourth-order valence-corrected chi connectivity index (χ4v) is 3.58. The van der Waals surface area contributed by atoms with Crippen LogP contribution in [0.4, 0.5) is 10.1 Å². The molecule has 0 amide bonds. The molecule has 0 saturated heterocycles. The van der Waals surface area contributed by atoms with Crippen molar-refractivity contribution in [3.05, 3.63) is 77.6 Å². The van der Waals surface area contributed by atoms with Gasteiger partial charge in [-0.25, -0.2) is 4.39 Å². The van der Waals surface area contributed by atoms with Gasteiger partial charge in [-0.05, 0) is 30.0 Å². The third kappa shape index (κ3) is 1.68. The smallest absolute Gasteiger partial charge is 0.128 e. The zero-order chi connectivity index (χ0) is 13.5. The van der Waals surface area contributed by atoms with Crippen LogP contribution in [-0.2, 0) is 0 Å². The topological polar surface area (TPSA) is 12.0 Å². The molecule has 0 radical (unpaired) electrons. The zero-order valence-corrected chi connectivity index (χ0v) is 11.1. The second-order valence-corrected chi connectivity index (χ2v) is 5.58. The lowest BCUT2D eigenvalue weighted by Crippen LogP contribution is -2.29. The Bertz CT molecular complexity index is 677. The van der Waals surface area contributed by atoms with Crippen LogP contribution < -0.4 is 5.32 Å². The highest BCUT2D eigenvalue weighted by Gasteiger charge is 2.38. The molecule has 2 aromatic carbocycles. The van der Waals surface area contributed by atoms with E-state index in [0.29, 0.717) is 11.8 Å². The van der Waals surface area contributed by atoms with E-state index in [-0.39, 0.29) is 11.9 Å². The molecule has 1 N–H and O–H groups in total. The number of para-hydroxylation sites is 1. The molecule has 2 heteroatoms. The van der Waals surface area contributed by atoms with Crippen molar-refractivity contribution in [2.75, 3.05) is 5.32 Å². The van der Waals surface area contributed by atoms with Crippen molar-refractivity contribution in [3.63, 3.8) is 0 Å². The number of halogens is 1. The van der Waals surface area contributed by atoms with Gasteiger partial charge in [0.2, 0.25) is 0 Å². The quantitative estimate of drug-likeness (QED) is 0.740. The molecular weight excluding hydrogens is 249 g/mol. The summed E-state index contributed by atoms with van der Waals surface area (Å²) in [6.07, 6.45) is 5.51. The molecule has 0 unspecified atom stereocenters. The number of nitrogens with one attached hydrogen (secondary N) is 1. The lowest BCUT2D eigenvalue weighted by atomic mass is 9.77. The lowest BCUT2D eigenvalue weighted by molar-refractivity contribution is 0.413. The molecule has 3 atom stereocenters. The third-order valence-corrected chi connectivity index (χ3v) is 4.51. The van der Waals surface area contributed by atoms with E-state index < -0.39 is 0 Å². The van der Waals surface area contributed by atoms with E-state index in [1.165, 1.54) is 5.56 Å². The van der Waals surface area contributed by atoms with Crippen molar-refractivity contribution in [1.82, 2.24) is 0 Å². The Kier molecular flexibility index (Phi) is 2.62. The van der Waals surface area contributed by atoms with Crippen molar-refractivity contribution in [2.24, 2.45) is 5.92 Å². The average Bonchev–Trinajstić information content (AvgIpc) is 2.97. The Morgan fingerprint density at radius 3 is 2.55 bits per heavy atom. The van der Waals surface area contributed by atoms with Crippen molar-refractivity contribution >= 4 is 5.69 Å². The van der Waals surface area contributed by atoms with E-state index in [1.54, 1.807) is 12.1 Å². The maximum absolute atomic E-state index is 14.1. The highest BCUT2D eigenvalue weighted by atomic mass is 19.1. The summed E-state index contributed by atoms with van der Waals surface area (Å²) in [5.41, 5.74) is 3.24. The predicted molar refractivity (Wildman–Crippen MR) is 79.2 cm³/mol. The highest BCUT2D eigenvalue weighted by Crippen LogP contribution is 2.49. The minimum absolute atomic E-state index is 0.0473. The first kappa shape index (κ1) is 11.7. The molecule has 1 aliphatic carbocycles. The maximum Gasteiger partial charge on any atom is 0.128 e.